The lowest BCUT2D eigenvalue weighted by atomic mass is 9.97. The monoisotopic (exact) mass is 424 g/mol. The first kappa shape index (κ1) is 22.8. The minimum absolute atomic E-state index is 0.0174. The quantitative estimate of drug-likeness (QED) is 0.583. The Hall–Kier alpha value is -1.87. The van der Waals surface area contributed by atoms with E-state index in [4.69, 9.17) is 9.47 Å². The van der Waals surface area contributed by atoms with Crippen LogP contribution in [0.5, 0.6) is 0 Å². The van der Waals surface area contributed by atoms with Gasteiger partial charge in [0.1, 0.15) is 12.6 Å². The lowest BCUT2D eigenvalue weighted by Gasteiger charge is -2.42. The highest BCUT2D eigenvalue weighted by atomic mass is 16.5. The fourth-order valence-corrected chi connectivity index (χ4v) is 4.58. The Morgan fingerprint density at radius 2 is 1.90 bits per heavy atom. The Morgan fingerprint density at radius 3 is 2.57 bits per heavy atom. The smallest absolute Gasteiger partial charge is 0.321 e. The standard InChI is InChI=1S/C21H36N4O5/c1-15(2)10-18-20(27)23(6-9-29-3)12-17-13-24(21(28)25(17)18)14-19(26)22-11-16-4-7-30-8-5-16/h15-18H,4-14H2,1-3H3,(H,22,26). The number of urea groups is 1. The Morgan fingerprint density at radius 1 is 1.20 bits per heavy atom. The number of nitrogens with one attached hydrogen (secondary N) is 1. The van der Waals surface area contributed by atoms with Crippen molar-refractivity contribution in [2.75, 3.05) is 59.7 Å². The number of hydrogen-bond donors (Lipinski definition) is 1. The zero-order chi connectivity index (χ0) is 21.7. The maximum atomic E-state index is 13.1. The van der Waals surface area contributed by atoms with Crippen LogP contribution < -0.4 is 5.32 Å². The van der Waals surface area contributed by atoms with Crippen LogP contribution in [-0.4, -0.2) is 104 Å². The molecule has 3 fully saturated rings. The molecule has 2 unspecified atom stereocenters. The van der Waals surface area contributed by atoms with Gasteiger partial charge in [-0.1, -0.05) is 13.8 Å². The Kier molecular flexibility index (Phi) is 7.93. The number of methoxy groups -OCH3 is 1. The molecule has 3 heterocycles. The van der Waals surface area contributed by atoms with Crippen LogP contribution in [0, 0.1) is 11.8 Å². The molecule has 0 spiro atoms. The first-order valence-corrected chi connectivity index (χ1v) is 11.1. The highest BCUT2D eigenvalue weighted by molar-refractivity contribution is 5.91. The van der Waals surface area contributed by atoms with Crippen molar-refractivity contribution in [3.63, 3.8) is 0 Å². The number of nitrogens with zero attached hydrogens (tertiary/aromatic N) is 3. The van der Waals surface area contributed by atoms with Gasteiger partial charge in [-0.25, -0.2) is 4.79 Å². The van der Waals surface area contributed by atoms with Gasteiger partial charge in [-0.2, -0.15) is 0 Å². The molecule has 2 atom stereocenters. The van der Waals surface area contributed by atoms with E-state index in [0.717, 1.165) is 26.1 Å². The summed E-state index contributed by atoms with van der Waals surface area (Å²) in [5.41, 5.74) is 0. The Labute approximate surface area is 179 Å². The van der Waals surface area contributed by atoms with Gasteiger partial charge in [-0.15, -0.1) is 0 Å². The number of ether oxygens (including phenoxy) is 2. The molecule has 30 heavy (non-hydrogen) atoms. The second-order valence-electron chi connectivity index (χ2n) is 9.01. The first-order valence-electron chi connectivity index (χ1n) is 11.1. The SMILES string of the molecule is COCCN1CC2CN(CC(=O)NCC3CCOCC3)C(=O)N2C(CC(C)C)C1=O. The number of amides is 4. The average molecular weight is 425 g/mol. The van der Waals surface area contributed by atoms with E-state index in [1.165, 1.54) is 0 Å². The summed E-state index contributed by atoms with van der Waals surface area (Å²) in [5.74, 6) is 0.561. The summed E-state index contributed by atoms with van der Waals surface area (Å²) in [6.45, 7) is 8.20. The van der Waals surface area contributed by atoms with E-state index in [-0.39, 0.29) is 36.3 Å². The van der Waals surface area contributed by atoms with Gasteiger partial charge in [0.25, 0.3) is 0 Å². The minimum atomic E-state index is -0.469. The van der Waals surface area contributed by atoms with Crippen molar-refractivity contribution in [3.8, 4) is 0 Å². The number of carbonyl (C=O) groups is 3. The van der Waals surface area contributed by atoms with E-state index in [2.05, 4.69) is 19.2 Å². The van der Waals surface area contributed by atoms with Crippen molar-refractivity contribution in [1.29, 1.82) is 0 Å². The van der Waals surface area contributed by atoms with E-state index < -0.39 is 6.04 Å². The van der Waals surface area contributed by atoms with E-state index in [1.807, 2.05) is 0 Å². The van der Waals surface area contributed by atoms with Gasteiger partial charge < -0.3 is 29.5 Å². The molecule has 0 saturated carbocycles. The van der Waals surface area contributed by atoms with Crippen molar-refractivity contribution < 1.29 is 23.9 Å². The van der Waals surface area contributed by atoms with E-state index >= 15 is 0 Å². The fraction of sp³-hybridized carbons (Fsp3) is 0.857. The van der Waals surface area contributed by atoms with Gasteiger partial charge in [0.2, 0.25) is 11.8 Å². The third-order valence-corrected chi connectivity index (χ3v) is 6.20. The molecule has 4 amide bonds. The summed E-state index contributed by atoms with van der Waals surface area (Å²) < 4.78 is 10.5. The molecule has 1 N–H and O–H groups in total. The lowest BCUT2D eigenvalue weighted by molar-refractivity contribution is -0.143. The number of fused-ring (bicyclic) bond motifs is 1. The lowest BCUT2D eigenvalue weighted by Crippen LogP contribution is -2.61. The van der Waals surface area contributed by atoms with E-state index in [9.17, 15) is 14.4 Å². The number of hydrogen-bond acceptors (Lipinski definition) is 5. The van der Waals surface area contributed by atoms with Crippen molar-refractivity contribution in [1.82, 2.24) is 20.0 Å². The third-order valence-electron chi connectivity index (χ3n) is 6.20. The van der Waals surface area contributed by atoms with Crippen LogP contribution in [-0.2, 0) is 19.1 Å². The summed E-state index contributed by atoms with van der Waals surface area (Å²) in [5, 5.41) is 2.97. The predicted octanol–water partition coefficient (Wildman–Crippen LogP) is 0.539. The molecule has 0 radical (unpaired) electrons. The first-order chi connectivity index (χ1) is 14.4. The summed E-state index contributed by atoms with van der Waals surface area (Å²) >= 11 is 0. The van der Waals surface area contributed by atoms with Gasteiger partial charge in [0.05, 0.1) is 12.6 Å². The molecular formula is C21H36N4O5. The minimum Gasteiger partial charge on any atom is -0.383 e. The molecule has 3 saturated heterocycles. The van der Waals surface area contributed by atoms with Crippen molar-refractivity contribution in [2.45, 2.75) is 45.2 Å². The van der Waals surface area contributed by atoms with Crippen LogP contribution >= 0.6 is 0 Å². The largest absolute Gasteiger partial charge is 0.383 e. The van der Waals surface area contributed by atoms with Gasteiger partial charge in [0.15, 0.2) is 0 Å². The molecule has 0 aromatic heterocycles. The van der Waals surface area contributed by atoms with Crippen molar-refractivity contribution in [2.24, 2.45) is 11.8 Å². The fourth-order valence-electron chi connectivity index (χ4n) is 4.58. The summed E-state index contributed by atoms with van der Waals surface area (Å²) in [4.78, 5) is 43.7. The molecule has 170 valence electrons. The molecule has 0 bridgehead atoms. The Balaban J connectivity index is 1.60. The van der Waals surface area contributed by atoms with Crippen LogP contribution in [0.4, 0.5) is 4.79 Å². The van der Waals surface area contributed by atoms with Crippen molar-refractivity contribution in [3.05, 3.63) is 0 Å². The Bertz CT molecular complexity index is 623. The van der Waals surface area contributed by atoms with Crippen molar-refractivity contribution >= 4 is 17.8 Å². The van der Waals surface area contributed by atoms with E-state index in [0.29, 0.717) is 45.1 Å². The molecule has 0 aromatic carbocycles. The molecule has 3 aliphatic rings. The number of piperazine rings is 1. The molecule has 3 aliphatic heterocycles. The van der Waals surface area contributed by atoms with Crippen LogP contribution in [0.1, 0.15) is 33.1 Å². The third kappa shape index (κ3) is 5.43. The second kappa shape index (κ2) is 10.4. The van der Waals surface area contributed by atoms with Crippen LogP contribution in [0.2, 0.25) is 0 Å². The topological polar surface area (TPSA) is 91.4 Å². The van der Waals surface area contributed by atoms with Crippen LogP contribution in [0.3, 0.4) is 0 Å². The van der Waals surface area contributed by atoms with Gasteiger partial charge in [-0.05, 0) is 31.1 Å². The van der Waals surface area contributed by atoms with Crippen LogP contribution in [0.15, 0.2) is 0 Å². The molecule has 9 heteroatoms. The zero-order valence-corrected chi connectivity index (χ0v) is 18.5. The van der Waals surface area contributed by atoms with Gasteiger partial charge >= 0.3 is 6.03 Å². The normalized spacial score (nSPS) is 25.3. The molecule has 0 aliphatic carbocycles. The summed E-state index contributed by atoms with van der Waals surface area (Å²) in [7, 11) is 1.62. The molecule has 0 aromatic rings. The second-order valence-corrected chi connectivity index (χ2v) is 9.01. The molecule has 3 rings (SSSR count). The molecule has 9 nitrogen and oxygen atoms in total. The van der Waals surface area contributed by atoms with Gasteiger partial charge in [0, 0.05) is 46.5 Å². The maximum absolute atomic E-state index is 13.1. The highest BCUT2D eigenvalue weighted by Crippen LogP contribution is 2.29. The summed E-state index contributed by atoms with van der Waals surface area (Å²) in [6, 6.07) is -0.755. The van der Waals surface area contributed by atoms with Gasteiger partial charge in [-0.3, -0.25) is 9.59 Å². The average Bonchev–Trinajstić information content (AvgIpc) is 3.02. The maximum Gasteiger partial charge on any atom is 0.321 e. The summed E-state index contributed by atoms with van der Waals surface area (Å²) in [6.07, 6.45) is 2.53. The predicted molar refractivity (Wildman–Crippen MR) is 111 cm³/mol. The number of rotatable bonds is 9. The molecular weight excluding hydrogens is 388 g/mol. The van der Waals surface area contributed by atoms with E-state index in [1.54, 1.807) is 21.8 Å². The highest BCUT2D eigenvalue weighted by Gasteiger charge is 2.49. The number of carbonyl (C=O) groups excluding carboxylic acids is 3. The van der Waals surface area contributed by atoms with Crippen LogP contribution in [0.25, 0.3) is 0 Å². The zero-order valence-electron chi connectivity index (χ0n) is 18.5.